The zero-order valence-corrected chi connectivity index (χ0v) is 14.6. The lowest BCUT2D eigenvalue weighted by Crippen LogP contribution is -2.42. The summed E-state index contributed by atoms with van der Waals surface area (Å²) >= 11 is 0. The quantitative estimate of drug-likeness (QED) is 0.776. The number of amides is 1. The highest BCUT2D eigenvalue weighted by atomic mass is 16.1. The van der Waals surface area contributed by atoms with Gasteiger partial charge < -0.3 is 10.6 Å². The number of nitrogens with zero attached hydrogens (tertiary/aromatic N) is 3. The second-order valence-corrected chi connectivity index (χ2v) is 7.26. The van der Waals surface area contributed by atoms with Crippen LogP contribution in [0.15, 0.2) is 18.6 Å². The van der Waals surface area contributed by atoms with E-state index in [2.05, 4.69) is 39.8 Å². The molecule has 1 aliphatic heterocycles. The van der Waals surface area contributed by atoms with Crippen LogP contribution in [0.1, 0.15) is 37.0 Å². The van der Waals surface area contributed by atoms with E-state index in [4.69, 9.17) is 0 Å². The molecule has 3 heterocycles. The number of piperidine rings is 1. The lowest BCUT2D eigenvalue weighted by molar-refractivity contribution is 0.0904. The fraction of sp³-hybridized carbons (Fsp3) is 0.588. The summed E-state index contributed by atoms with van der Waals surface area (Å²) in [7, 11) is 1.85. The van der Waals surface area contributed by atoms with Gasteiger partial charge in [-0.25, -0.2) is 0 Å². The lowest BCUT2D eigenvalue weighted by atomic mass is 9.74. The van der Waals surface area contributed by atoms with E-state index in [0.29, 0.717) is 23.7 Å². The van der Waals surface area contributed by atoms with Crippen molar-refractivity contribution >= 4 is 5.91 Å². The largest absolute Gasteiger partial charge is 0.351 e. The number of aryl methyl sites for hydroxylation is 1. The Morgan fingerprint density at radius 1 is 1.38 bits per heavy atom. The van der Waals surface area contributed by atoms with Crippen molar-refractivity contribution in [3.8, 4) is 11.3 Å². The zero-order chi connectivity index (χ0) is 17.2. The van der Waals surface area contributed by atoms with Gasteiger partial charge in [-0.05, 0) is 37.3 Å². The first-order valence-corrected chi connectivity index (χ1v) is 8.48. The highest BCUT2D eigenvalue weighted by molar-refractivity contribution is 5.99. The number of hydrogen-bond acceptors (Lipinski definition) is 4. The number of aromatic nitrogens is 4. The third kappa shape index (κ3) is 3.51. The number of hydrogen-bond donors (Lipinski definition) is 3. The van der Waals surface area contributed by atoms with E-state index in [-0.39, 0.29) is 11.3 Å². The van der Waals surface area contributed by atoms with Crippen molar-refractivity contribution < 1.29 is 4.79 Å². The van der Waals surface area contributed by atoms with Crippen molar-refractivity contribution in [1.82, 2.24) is 30.6 Å². The molecule has 0 atom stereocenters. The minimum atomic E-state index is -0.0930. The SMILES string of the molecule is Cn1cc(-c2[nH]ncc2C(=O)NCC(C)(C)C2CCNCC2)cn1. The topological polar surface area (TPSA) is 87.6 Å². The molecule has 3 N–H and O–H groups in total. The molecule has 2 aromatic heterocycles. The highest BCUT2D eigenvalue weighted by Crippen LogP contribution is 2.32. The van der Waals surface area contributed by atoms with Gasteiger partial charge in [0.25, 0.3) is 5.91 Å². The molecule has 1 saturated heterocycles. The Balaban J connectivity index is 1.66. The molecule has 130 valence electrons. The van der Waals surface area contributed by atoms with Crippen molar-refractivity contribution in [2.45, 2.75) is 26.7 Å². The summed E-state index contributed by atoms with van der Waals surface area (Å²) in [6.07, 6.45) is 7.49. The van der Waals surface area contributed by atoms with Crippen molar-refractivity contribution in [1.29, 1.82) is 0 Å². The van der Waals surface area contributed by atoms with Gasteiger partial charge in [-0.15, -0.1) is 0 Å². The van der Waals surface area contributed by atoms with E-state index in [1.54, 1.807) is 17.1 Å². The van der Waals surface area contributed by atoms with Gasteiger partial charge in [0.15, 0.2) is 0 Å². The van der Waals surface area contributed by atoms with Crippen LogP contribution in [-0.2, 0) is 7.05 Å². The Morgan fingerprint density at radius 2 is 2.12 bits per heavy atom. The Bertz CT molecular complexity index is 696. The second kappa shape index (κ2) is 6.76. The van der Waals surface area contributed by atoms with Crippen LogP contribution in [-0.4, -0.2) is 45.5 Å². The molecule has 0 aromatic carbocycles. The van der Waals surface area contributed by atoms with Crippen molar-refractivity contribution in [2.75, 3.05) is 19.6 Å². The number of rotatable bonds is 5. The summed E-state index contributed by atoms with van der Waals surface area (Å²) in [5.74, 6) is 0.533. The van der Waals surface area contributed by atoms with Gasteiger partial charge in [-0.1, -0.05) is 13.8 Å². The summed E-state index contributed by atoms with van der Waals surface area (Å²) in [4.78, 5) is 12.6. The second-order valence-electron chi connectivity index (χ2n) is 7.26. The van der Waals surface area contributed by atoms with Crippen molar-refractivity contribution in [3.63, 3.8) is 0 Å². The van der Waals surface area contributed by atoms with Crippen LogP contribution >= 0.6 is 0 Å². The van der Waals surface area contributed by atoms with E-state index >= 15 is 0 Å². The number of H-pyrrole nitrogens is 1. The molecule has 0 saturated carbocycles. The van der Waals surface area contributed by atoms with E-state index in [1.165, 1.54) is 0 Å². The molecule has 1 aliphatic rings. The average Bonchev–Trinajstić information content (AvgIpc) is 3.22. The number of aromatic amines is 1. The Labute approximate surface area is 142 Å². The Hall–Kier alpha value is -2.15. The molecule has 1 amide bonds. The average molecular weight is 330 g/mol. The molecular formula is C17H26N6O. The Kier molecular flexibility index (Phi) is 4.71. The van der Waals surface area contributed by atoms with Crippen LogP contribution in [0.25, 0.3) is 11.3 Å². The molecule has 0 radical (unpaired) electrons. The molecule has 0 aliphatic carbocycles. The van der Waals surface area contributed by atoms with Gasteiger partial charge in [-0.3, -0.25) is 14.6 Å². The maximum atomic E-state index is 12.6. The fourth-order valence-corrected chi connectivity index (χ4v) is 3.38. The van der Waals surface area contributed by atoms with Crippen LogP contribution in [0.5, 0.6) is 0 Å². The van der Waals surface area contributed by atoms with Crippen LogP contribution in [0, 0.1) is 11.3 Å². The fourth-order valence-electron chi connectivity index (χ4n) is 3.38. The molecule has 7 heteroatoms. The molecule has 7 nitrogen and oxygen atoms in total. The van der Waals surface area contributed by atoms with Crippen LogP contribution in [0.3, 0.4) is 0 Å². The first kappa shape index (κ1) is 16.7. The molecule has 24 heavy (non-hydrogen) atoms. The smallest absolute Gasteiger partial charge is 0.255 e. The zero-order valence-electron chi connectivity index (χ0n) is 14.6. The standard InChI is InChI=1S/C17H26N6O/c1-17(2,13-4-6-18-7-5-13)11-19-16(24)14-9-20-22-15(14)12-8-21-23(3)10-12/h8-10,13,18H,4-7,11H2,1-3H3,(H,19,24)(H,20,22). The first-order valence-electron chi connectivity index (χ1n) is 8.48. The third-order valence-corrected chi connectivity index (χ3v) is 5.03. The third-order valence-electron chi connectivity index (χ3n) is 5.03. The van der Waals surface area contributed by atoms with E-state index in [1.807, 2.05) is 13.2 Å². The molecule has 1 fully saturated rings. The normalized spacial score (nSPS) is 16.3. The van der Waals surface area contributed by atoms with Gasteiger partial charge in [0.05, 0.1) is 23.7 Å². The van der Waals surface area contributed by atoms with Crippen LogP contribution in [0.2, 0.25) is 0 Å². The van der Waals surface area contributed by atoms with Crippen LogP contribution < -0.4 is 10.6 Å². The summed E-state index contributed by atoms with van der Waals surface area (Å²) in [5.41, 5.74) is 2.21. The lowest BCUT2D eigenvalue weighted by Gasteiger charge is -2.37. The number of carbonyl (C=O) groups excluding carboxylic acids is 1. The van der Waals surface area contributed by atoms with E-state index in [9.17, 15) is 4.79 Å². The van der Waals surface area contributed by atoms with Gasteiger partial charge in [0.2, 0.25) is 0 Å². The molecule has 2 aromatic rings. The van der Waals surface area contributed by atoms with Crippen molar-refractivity contribution in [3.05, 3.63) is 24.2 Å². The molecule has 0 unspecified atom stereocenters. The molecular weight excluding hydrogens is 304 g/mol. The molecule has 0 spiro atoms. The minimum Gasteiger partial charge on any atom is -0.351 e. The summed E-state index contributed by atoms with van der Waals surface area (Å²) in [6, 6.07) is 0. The van der Waals surface area contributed by atoms with E-state index in [0.717, 1.165) is 31.5 Å². The first-order chi connectivity index (χ1) is 11.5. The van der Waals surface area contributed by atoms with E-state index < -0.39 is 0 Å². The van der Waals surface area contributed by atoms with Gasteiger partial charge in [0.1, 0.15) is 0 Å². The number of nitrogens with one attached hydrogen (secondary N) is 3. The predicted octanol–water partition coefficient (Wildman–Crippen LogP) is 1.57. The van der Waals surface area contributed by atoms with Crippen molar-refractivity contribution in [2.24, 2.45) is 18.4 Å². The molecule has 0 bridgehead atoms. The number of carbonyl (C=O) groups is 1. The predicted molar refractivity (Wildman–Crippen MR) is 92.5 cm³/mol. The highest BCUT2D eigenvalue weighted by Gasteiger charge is 2.31. The summed E-state index contributed by atoms with van der Waals surface area (Å²) in [5, 5.41) is 17.6. The molecule has 3 rings (SSSR count). The monoisotopic (exact) mass is 330 g/mol. The summed E-state index contributed by atoms with van der Waals surface area (Å²) in [6.45, 7) is 7.26. The van der Waals surface area contributed by atoms with Crippen LogP contribution in [0.4, 0.5) is 0 Å². The van der Waals surface area contributed by atoms with Gasteiger partial charge in [-0.2, -0.15) is 10.2 Å². The van der Waals surface area contributed by atoms with Gasteiger partial charge >= 0.3 is 0 Å². The maximum absolute atomic E-state index is 12.6. The minimum absolute atomic E-state index is 0.0793. The maximum Gasteiger partial charge on any atom is 0.255 e. The van der Waals surface area contributed by atoms with Gasteiger partial charge in [0, 0.05) is 25.4 Å². The Morgan fingerprint density at radius 3 is 2.79 bits per heavy atom. The summed E-state index contributed by atoms with van der Waals surface area (Å²) < 4.78 is 1.71.